The molecule has 0 N–H and O–H groups in total. The zero-order valence-electron chi connectivity index (χ0n) is 7.98. The van der Waals surface area contributed by atoms with Gasteiger partial charge in [-0.3, -0.25) is 0 Å². The van der Waals surface area contributed by atoms with Gasteiger partial charge >= 0.3 is 0 Å². The van der Waals surface area contributed by atoms with Crippen molar-refractivity contribution >= 4 is 0 Å². The van der Waals surface area contributed by atoms with Crippen molar-refractivity contribution in [3.05, 3.63) is 30.7 Å². The molecule has 0 aromatic carbocycles. The monoisotopic (exact) mass is 151 g/mol. The zero-order valence-corrected chi connectivity index (χ0v) is 7.98. The van der Waals surface area contributed by atoms with Gasteiger partial charge in [0.2, 0.25) is 0 Å². The lowest BCUT2D eigenvalue weighted by molar-refractivity contribution is 0.673. The average Bonchev–Trinajstić information content (AvgIpc) is 1.87. The number of hydrogen-bond acceptors (Lipinski definition) is 0. The Balaban J connectivity index is 3.84. The fourth-order valence-electron chi connectivity index (χ4n) is 0.987. The highest BCUT2D eigenvalue weighted by atomic mass is 14.1. The summed E-state index contributed by atoms with van der Waals surface area (Å²) in [6.45, 7) is 14.2. The first kappa shape index (κ1) is 10.5. The van der Waals surface area contributed by atoms with Crippen molar-refractivity contribution in [2.45, 2.75) is 33.6 Å². The van der Waals surface area contributed by atoms with E-state index < -0.39 is 0 Å². The molecule has 1 radical (unpaired) electrons. The summed E-state index contributed by atoms with van der Waals surface area (Å²) in [4.78, 5) is 0. The van der Waals surface area contributed by atoms with Gasteiger partial charge in [-0.15, -0.1) is 0 Å². The van der Waals surface area contributed by atoms with Crippen LogP contribution in [0.5, 0.6) is 0 Å². The number of hydrogen-bond donors (Lipinski definition) is 0. The summed E-state index contributed by atoms with van der Waals surface area (Å²) < 4.78 is 0. The van der Waals surface area contributed by atoms with E-state index in [4.69, 9.17) is 0 Å². The summed E-state index contributed by atoms with van der Waals surface area (Å²) in [5.74, 6) is 0.609. The molecule has 0 nitrogen and oxygen atoms in total. The summed E-state index contributed by atoms with van der Waals surface area (Å²) in [6.07, 6.45) is 4.21. The smallest absolute Gasteiger partial charge is 0.0200 e. The van der Waals surface area contributed by atoms with Crippen LogP contribution in [-0.2, 0) is 0 Å². The maximum atomic E-state index is 3.93. The Morgan fingerprint density at radius 2 is 2.00 bits per heavy atom. The Labute approximate surface area is 71.0 Å². The molecule has 0 amide bonds. The van der Waals surface area contributed by atoms with Crippen LogP contribution in [0, 0.1) is 12.8 Å². The molecule has 0 aliphatic rings. The van der Waals surface area contributed by atoms with Crippen molar-refractivity contribution in [3.8, 4) is 0 Å². The van der Waals surface area contributed by atoms with Crippen molar-refractivity contribution < 1.29 is 0 Å². The second-order valence-electron chi connectivity index (χ2n) is 3.29. The van der Waals surface area contributed by atoms with E-state index in [1.54, 1.807) is 0 Å². The standard InChI is InChI=1S/C11H19/c1-6-7-10(4)8-11(5)9(2)3/h7,11H,1-2,6,8H2,3-5H3. The van der Waals surface area contributed by atoms with Crippen LogP contribution >= 0.6 is 0 Å². The Morgan fingerprint density at radius 1 is 1.45 bits per heavy atom. The lowest BCUT2D eigenvalue weighted by Gasteiger charge is -2.10. The van der Waals surface area contributed by atoms with Crippen LogP contribution in [0.25, 0.3) is 0 Å². The van der Waals surface area contributed by atoms with Crippen LogP contribution in [0.15, 0.2) is 23.8 Å². The molecule has 63 valence electrons. The molecule has 0 aliphatic carbocycles. The van der Waals surface area contributed by atoms with E-state index in [9.17, 15) is 0 Å². The molecule has 0 heteroatoms. The molecule has 1 unspecified atom stereocenters. The zero-order chi connectivity index (χ0) is 8.85. The Morgan fingerprint density at radius 3 is 2.36 bits per heavy atom. The molecular formula is C11H19. The fourth-order valence-corrected chi connectivity index (χ4v) is 0.987. The largest absolute Gasteiger partial charge is 0.0999 e. The third-order valence-electron chi connectivity index (χ3n) is 1.96. The first-order valence-electron chi connectivity index (χ1n) is 4.18. The van der Waals surface area contributed by atoms with E-state index in [2.05, 4.69) is 40.3 Å². The Hall–Kier alpha value is -0.520. The third kappa shape index (κ3) is 4.83. The van der Waals surface area contributed by atoms with Crippen LogP contribution in [0.1, 0.15) is 33.6 Å². The first-order valence-corrected chi connectivity index (χ1v) is 4.18. The van der Waals surface area contributed by atoms with Gasteiger partial charge in [0.1, 0.15) is 0 Å². The number of rotatable bonds is 4. The molecule has 11 heavy (non-hydrogen) atoms. The van der Waals surface area contributed by atoms with E-state index in [1.165, 1.54) is 11.1 Å². The average molecular weight is 151 g/mol. The molecule has 0 heterocycles. The van der Waals surface area contributed by atoms with Gasteiger partial charge in [-0.1, -0.05) is 30.7 Å². The van der Waals surface area contributed by atoms with Gasteiger partial charge in [-0.25, -0.2) is 0 Å². The normalized spacial score (nSPS) is 14.7. The van der Waals surface area contributed by atoms with Gasteiger partial charge in [-0.2, -0.15) is 0 Å². The summed E-state index contributed by atoms with van der Waals surface area (Å²) in [5.41, 5.74) is 2.69. The second kappa shape index (κ2) is 5.17. The first-order chi connectivity index (χ1) is 5.07. The maximum absolute atomic E-state index is 3.93. The lowest BCUT2D eigenvalue weighted by Crippen LogP contribution is -1.95. The van der Waals surface area contributed by atoms with Crippen LogP contribution in [0.3, 0.4) is 0 Å². The molecule has 0 spiro atoms. The minimum atomic E-state index is 0.609. The molecule has 0 saturated carbocycles. The summed E-state index contributed by atoms with van der Waals surface area (Å²) in [6, 6.07) is 0. The fraction of sp³-hybridized carbons (Fsp3) is 0.545. The van der Waals surface area contributed by atoms with Crippen molar-refractivity contribution in [1.29, 1.82) is 0 Å². The summed E-state index contributed by atoms with van der Waals surface area (Å²) >= 11 is 0. The van der Waals surface area contributed by atoms with E-state index in [0.717, 1.165) is 12.8 Å². The third-order valence-corrected chi connectivity index (χ3v) is 1.96. The maximum Gasteiger partial charge on any atom is -0.0200 e. The van der Waals surface area contributed by atoms with E-state index in [0.29, 0.717) is 5.92 Å². The SMILES string of the molecule is [CH2]CC=C(C)CC(C)C(=C)C. The minimum absolute atomic E-state index is 0.609. The van der Waals surface area contributed by atoms with E-state index in [-0.39, 0.29) is 0 Å². The van der Waals surface area contributed by atoms with Crippen molar-refractivity contribution in [2.24, 2.45) is 5.92 Å². The van der Waals surface area contributed by atoms with Crippen molar-refractivity contribution in [1.82, 2.24) is 0 Å². The van der Waals surface area contributed by atoms with Gasteiger partial charge < -0.3 is 0 Å². The van der Waals surface area contributed by atoms with E-state index >= 15 is 0 Å². The molecule has 0 saturated heterocycles. The van der Waals surface area contributed by atoms with Gasteiger partial charge in [0.15, 0.2) is 0 Å². The van der Waals surface area contributed by atoms with Crippen LogP contribution < -0.4 is 0 Å². The van der Waals surface area contributed by atoms with Crippen molar-refractivity contribution in [2.75, 3.05) is 0 Å². The molecule has 0 bridgehead atoms. The van der Waals surface area contributed by atoms with Crippen molar-refractivity contribution in [3.63, 3.8) is 0 Å². The summed E-state index contributed by atoms with van der Waals surface area (Å²) in [5, 5.41) is 0. The molecular weight excluding hydrogens is 132 g/mol. The molecule has 0 aromatic rings. The molecule has 0 rings (SSSR count). The lowest BCUT2D eigenvalue weighted by atomic mass is 9.96. The molecule has 0 fully saturated rings. The van der Waals surface area contributed by atoms with Crippen LogP contribution in [0.4, 0.5) is 0 Å². The second-order valence-corrected chi connectivity index (χ2v) is 3.29. The predicted octanol–water partition coefficient (Wildman–Crippen LogP) is 3.76. The van der Waals surface area contributed by atoms with Gasteiger partial charge in [-0.05, 0) is 39.5 Å². The van der Waals surface area contributed by atoms with Gasteiger partial charge in [0.25, 0.3) is 0 Å². The highest BCUT2D eigenvalue weighted by Gasteiger charge is 2.01. The van der Waals surface area contributed by atoms with E-state index in [1.807, 2.05) is 0 Å². The highest BCUT2D eigenvalue weighted by molar-refractivity contribution is 5.05. The van der Waals surface area contributed by atoms with Gasteiger partial charge in [0.05, 0.1) is 0 Å². The van der Waals surface area contributed by atoms with Crippen LogP contribution in [0.2, 0.25) is 0 Å². The predicted molar refractivity (Wildman–Crippen MR) is 52.3 cm³/mol. The molecule has 1 atom stereocenters. The molecule has 0 aliphatic heterocycles. The van der Waals surface area contributed by atoms with Gasteiger partial charge in [0, 0.05) is 0 Å². The minimum Gasteiger partial charge on any atom is -0.0999 e. The molecule has 0 aromatic heterocycles. The topological polar surface area (TPSA) is 0 Å². The summed E-state index contributed by atoms with van der Waals surface area (Å²) in [7, 11) is 0. The highest BCUT2D eigenvalue weighted by Crippen LogP contribution is 2.17. The Bertz CT molecular complexity index is 151. The quantitative estimate of drug-likeness (QED) is 0.537. The Kier molecular flexibility index (Phi) is 4.93. The van der Waals surface area contributed by atoms with Crippen LogP contribution in [-0.4, -0.2) is 0 Å². The number of allylic oxidation sites excluding steroid dienone is 3.